The van der Waals surface area contributed by atoms with Crippen LogP contribution in [0.1, 0.15) is 42.6 Å². The van der Waals surface area contributed by atoms with Crippen LogP contribution in [0.2, 0.25) is 0 Å². The summed E-state index contributed by atoms with van der Waals surface area (Å²) in [5.41, 5.74) is 1.19. The lowest BCUT2D eigenvalue weighted by Gasteiger charge is -2.39. The maximum absolute atomic E-state index is 12.8. The molecule has 2 saturated heterocycles. The van der Waals surface area contributed by atoms with Gasteiger partial charge in [0.15, 0.2) is 0 Å². The van der Waals surface area contributed by atoms with Gasteiger partial charge in [0.2, 0.25) is 17.7 Å². The minimum absolute atomic E-state index is 0.127. The van der Waals surface area contributed by atoms with E-state index in [4.69, 9.17) is 13.9 Å². The summed E-state index contributed by atoms with van der Waals surface area (Å²) in [4.78, 5) is 17.1. The van der Waals surface area contributed by atoms with Crippen LogP contribution < -0.4 is 4.74 Å². The van der Waals surface area contributed by atoms with Crippen molar-refractivity contribution < 1.29 is 18.7 Å². The number of nitrogens with zero attached hydrogens (tertiary/aromatic N) is 4. The first-order valence-corrected chi connectivity index (χ1v) is 10.4. The molecule has 8 nitrogen and oxygen atoms in total. The molecule has 30 heavy (non-hydrogen) atoms. The molecule has 1 amide bonds. The van der Waals surface area contributed by atoms with Crippen LogP contribution in [0.5, 0.6) is 5.75 Å². The van der Waals surface area contributed by atoms with E-state index in [-0.39, 0.29) is 17.4 Å². The zero-order valence-corrected chi connectivity index (χ0v) is 18.0. The SMILES string of the molecule is COCc1nnc(C2CC3(CCN(C(=O)Cc4cccc(OC)c4)CC3)CN2C)o1. The summed E-state index contributed by atoms with van der Waals surface area (Å²) in [7, 11) is 5.37. The third kappa shape index (κ3) is 4.34. The third-order valence-electron chi connectivity index (χ3n) is 6.44. The lowest BCUT2D eigenvalue weighted by Crippen LogP contribution is -2.44. The number of carbonyl (C=O) groups excluding carboxylic acids is 1. The molecule has 2 aliphatic rings. The van der Waals surface area contributed by atoms with E-state index in [1.807, 2.05) is 29.2 Å². The predicted octanol–water partition coefficient (Wildman–Crippen LogP) is 2.45. The Morgan fingerprint density at radius 3 is 2.80 bits per heavy atom. The number of ether oxygens (including phenoxy) is 2. The van der Waals surface area contributed by atoms with Gasteiger partial charge in [-0.3, -0.25) is 9.69 Å². The van der Waals surface area contributed by atoms with E-state index in [9.17, 15) is 4.79 Å². The van der Waals surface area contributed by atoms with E-state index in [2.05, 4.69) is 22.1 Å². The summed E-state index contributed by atoms with van der Waals surface area (Å²) in [6.45, 7) is 2.90. The molecule has 3 heterocycles. The molecule has 2 fully saturated rings. The van der Waals surface area contributed by atoms with E-state index in [0.717, 1.165) is 50.2 Å². The number of amides is 1. The van der Waals surface area contributed by atoms with Gasteiger partial charge in [0, 0.05) is 26.7 Å². The molecule has 162 valence electrons. The van der Waals surface area contributed by atoms with Gasteiger partial charge in [-0.1, -0.05) is 12.1 Å². The Morgan fingerprint density at radius 2 is 2.07 bits per heavy atom. The van der Waals surface area contributed by atoms with Crippen LogP contribution in [0.25, 0.3) is 0 Å². The maximum Gasteiger partial charge on any atom is 0.242 e. The Bertz CT molecular complexity index is 876. The fourth-order valence-corrected chi connectivity index (χ4v) is 4.79. The molecule has 1 unspecified atom stereocenters. The number of aromatic nitrogens is 2. The summed E-state index contributed by atoms with van der Waals surface area (Å²) in [6.07, 6.45) is 3.39. The Hall–Kier alpha value is -2.45. The number of likely N-dealkylation sites (tertiary alicyclic amines) is 2. The number of benzene rings is 1. The van der Waals surface area contributed by atoms with Gasteiger partial charge in [0.05, 0.1) is 19.6 Å². The zero-order chi connectivity index (χ0) is 21.1. The van der Waals surface area contributed by atoms with Gasteiger partial charge in [-0.15, -0.1) is 10.2 Å². The monoisotopic (exact) mass is 414 g/mol. The van der Waals surface area contributed by atoms with Gasteiger partial charge in [-0.05, 0) is 49.4 Å². The van der Waals surface area contributed by atoms with Crippen molar-refractivity contribution in [3.05, 3.63) is 41.6 Å². The molecule has 1 aromatic carbocycles. The van der Waals surface area contributed by atoms with Crippen LogP contribution in [0, 0.1) is 5.41 Å². The first-order valence-electron chi connectivity index (χ1n) is 10.4. The van der Waals surface area contributed by atoms with E-state index in [1.165, 1.54) is 0 Å². The van der Waals surface area contributed by atoms with E-state index in [0.29, 0.717) is 24.8 Å². The van der Waals surface area contributed by atoms with Crippen LogP contribution in [-0.4, -0.2) is 66.8 Å². The number of rotatable bonds is 6. The second kappa shape index (κ2) is 8.73. The highest BCUT2D eigenvalue weighted by molar-refractivity contribution is 5.79. The van der Waals surface area contributed by atoms with Crippen molar-refractivity contribution in [2.75, 3.05) is 40.9 Å². The second-order valence-electron chi connectivity index (χ2n) is 8.51. The Morgan fingerprint density at radius 1 is 1.27 bits per heavy atom. The normalized spacial score (nSPS) is 21.3. The summed E-state index contributed by atoms with van der Waals surface area (Å²) in [5, 5.41) is 8.31. The number of methoxy groups -OCH3 is 2. The van der Waals surface area contributed by atoms with Gasteiger partial charge < -0.3 is 18.8 Å². The quantitative estimate of drug-likeness (QED) is 0.718. The number of hydrogen-bond donors (Lipinski definition) is 0. The molecular weight excluding hydrogens is 384 g/mol. The number of carbonyl (C=O) groups is 1. The topological polar surface area (TPSA) is 80.9 Å². The number of piperidine rings is 1. The highest BCUT2D eigenvalue weighted by atomic mass is 16.5. The highest BCUT2D eigenvalue weighted by Gasteiger charge is 2.46. The minimum Gasteiger partial charge on any atom is -0.497 e. The summed E-state index contributed by atoms with van der Waals surface area (Å²) < 4.78 is 16.1. The molecular formula is C22H30N4O4. The van der Waals surface area contributed by atoms with Crippen molar-refractivity contribution >= 4 is 5.91 Å². The first-order chi connectivity index (χ1) is 14.5. The van der Waals surface area contributed by atoms with Crippen molar-refractivity contribution in [2.45, 2.75) is 38.3 Å². The highest BCUT2D eigenvalue weighted by Crippen LogP contribution is 2.48. The molecule has 0 aliphatic carbocycles. The van der Waals surface area contributed by atoms with Gasteiger partial charge in [0.25, 0.3) is 0 Å². The summed E-state index contributed by atoms with van der Waals surface area (Å²) in [5.74, 6) is 2.15. The van der Waals surface area contributed by atoms with Crippen molar-refractivity contribution in [2.24, 2.45) is 5.41 Å². The van der Waals surface area contributed by atoms with Gasteiger partial charge in [0.1, 0.15) is 12.4 Å². The average Bonchev–Trinajstić information content (AvgIpc) is 3.33. The lowest BCUT2D eigenvalue weighted by atomic mass is 9.76. The zero-order valence-electron chi connectivity index (χ0n) is 18.0. The Balaban J connectivity index is 1.34. The van der Waals surface area contributed by atoms with Crippen LogP contribution in [0.4, 0.5) is 0 Å². The average molecular weight is 415 g/mol. The standard InChI is InChI=1S/C22H30N4O4/c1-25-15-22(13-18(25)21-24-23-19(30-21)14-28-2)7-9-26(10-8-22)20(27)12-16-5-4-6-17(11-16)29-3/h4-6,11,18H,7-10,12-15H2,1-3H3. The van der Waals surface area contributed by atoms with Crippen LogP contribution >= 0.6 is 0 Å². The fraction of sp³-hybridized carbons (Fsp3) is 0.591. The molecule has 1 aromatic heterocycles. The van der Waals surface area contributed by atoms with E-state index >= 15 is 0 Å². The number of hydrogen-bond acceptors (Lipinski definition) is 7. The summed E-state index contributed by atoms with van der Waals surface area (Å²) >= 11 is 0. The van der Waals surface area contributed by atoms with Crippen molar-refractivity contribution in [3.63, 3.8) is 0 Å². The largest absolute Gasteiger partial charge is 0.497 e. The second-order valence-corrected chi connectivity index (χ2v) is 8.51. The minimum atomic E-state index is 0.127. The molecule has 8 heteroatoms. The lowest BCUT2D eigenvalue weighted by molar-refractivity contribution is -0.132. The van der Waals surface area contributed by atoms with E-state index in [1.54, 1.807) is 14.2 Å². The maximum atomic E-state index is 12.8. The first kappa shape index (κ1) is 20.8. The fourth-order valence-electron chi connectivity index (χ4n) is 4.79. The predicted molar refractivity (Wildman–Crippen MR) is 110 cm³/mol. The third-order valence-corrected chi connectivity index (χ3v) is 6.44. The molecule has 4 rings (SSSR count). The molecule has 0 radical (unpaired) electrons. The molecule has 1 spiro atoms. The van der Waals surface area contributed by atoms with Crippen molar-refractivity contribution in [3.8, 4) is 5.75 Å². The van der Waals surface area contributed by atoms with Crippen LogP contribution in [0.15, 0.2) is 28.7 Å². The van der Waals surface area contributed by atoms with Gasteiger partial charge in [-0.2, -0.15) is 0 Å². The van der Waals surface area contributed by atoms with Gasteiger partial charge in [-0.25, -0.2) is 0 Å². The molecule has 1 atom stereocenters. The molecule has 0 N–H and O–H groups in total. The Labute approximate surface area is 177 Å². The van der Waals surface area contributed by atoms with E-state index < -0.39 is 0 Å². The molecule has 0 saturated carbocycles. The molecule has 2 aliphatic heterocycles. The van der Waals surface area contributed by atoms with Crippen LogP contribution in [-0.2, 0) is 22.6 Å². The van der Waals surface area contributed by atoms with Crippen LogP contribution in [0.3, 0.4) is 0 Å². The smallest absolute Gasteiger partial charge is 0.242 e. The molecule has 0 bridgehead atoms. The Kier molecular flexibility index (Phi) is 6.06. The summed E-state index contributed by atoms with van der Waals surface area (Å²) in [6, 6.07) is 7.86. The molecule has 2 aromatic rings. The van der Waals surface area contributed by atoms with Crippen molar-refractivity contribution in [1.82, 2.24) is 20.0 Å². The van der Waals surface area contributed by atoms with Gasteiger partial charge >= 0.3 is 0 Å². The van der Waals surface area contributed by atoms with Crippen molar-refractivity contribution in [1.29, 1.82) is 0 Å².